The van der Waals surface area contributed by atoms with Gasteiger partial charge in [-0.3, -0.25) is 0 Å². The van der Waals surface area contributed by atoms with Gasteiger partial charge >= 0.3 is 24.4 Å². The molecule has 0 saturated heterocycles. The van der Waals surface area contributed by atoms with Crippen LogP contribution in [0.2, 0.25) is 0 Å². The molecule has 1 heterocycles. The van der Waals surface area contributed by atoms with E-state index in [0.29, 0.717) is 0 Å². The van der Waals surface area contributed by atoms with Crippen molar-refractivity contribution >= 4 is 9.84 Å². The second-order valence-corrected chi connectivity index (χ2v) is 4.26. The summed E-state index contributed by atoms with van der Waals surface area (Å²) in [6.45, 7) is 1.41. The van der Waals surface area contributed by atoms with E-state index in [0.717, 1.165) is 6.07 Å². The number of rotatable bonds is 1. The minimum absolute atomic E-state index is 0. The van der Waals surface area contributed by atoms with Crippen LogP contribution in [0, 0.1) is 6.92 Å². The number of aryl methyl sites for hydroxylation is 1. The summed E-state index contributed by atoms with van der Waals surface area (Å²) in [6, 6.07) is 2.04. The first-order chi connectivity index (χ1) is 5.75. The van der Waals surface area contributed by atoms with E-state index in [1.807, 2.05) is 0 Å². The molecule has 0 radical (unpaired) electrons. The fourth-order valence-electron chi connectivity index (χ4n) is 0.708. The van der Waals surface area contributed by atoms with Crippen LogP contribution in [0.15, 0.2) is 17.2 Å². The zero-order valence-electron chi connectivity index (χ0n) is 7.46. The van der Waals surface area contributed by atoms with Crippen LogP contribution in [-0.4, -0.2) is 13.9 Å². The zero-order valence-corrected chi connectivity index (χ0v) is 8.28. The van der Waals surface area contributed by atoms with Crippen molar-refractivity contribution in [1.82, 2.24) is 4.98 Å². The molecule has 14 heavy (non-hydrogen) atoms. The maximum atomic E-state index is 11.9. The molecule has 0 unspecified atom stereocenters. The van der Waals surface area contributed by atoms with E-state index in [-0.39, 0.29) is 24.6 Å². The molecule has 8 heteroatoms. The molecule has 0 spiro atoms. The van der Waals surface area contributed by atoms with Gasteiger partial charge in [-0.25, -0.2) is 8.42 Å². The average Bonchev–Trinajstić information content (AvgIpc) is 2.33. The van der Waals surface area contributed by atoms with E-state index < -0.39 is 20.4 Å². The smallest absolute Gasteiger partial charge is 0.652 e. The van der Waals surface area contributed by atoms with E-state index in [4.69, 9.17) is 0 Å². The van der Waals surface area contributed by atoms with E-state index in [2.05, 4.69) is 4.98 Å². The molecule has 0 N–H and O–H groups in total. The predicted molar refractivity (Wildman–Crippen MR) is 37.7 cm³/mol. The van der Waals surface area contributed by atoms with Crippen LogP contribution in [0.3, 0.4) is 0 Å². The molecule has 0 aliphatic heterocycles. The van der Waals surface area contributed by atoms with Crippen molar-refractivity contribution in [2.24, 2.45) is 0 Å². The number of hydrogen-bond donors (Lipinski definition) is 0. The molecule has 0 aliphatic carbocycles. The summed E-state index contributed by atoms with van der Waals surface area (Å²) in [5, 5.41) is -0.947. The molecule has 0 atom stereocenters. The number of halogens is 3. The van der Waals surface area contributed by atoms with Gasteiger partial charge in [-0.05, 0) is 5.03 Å². The minimum Gasteiger partial charge on any atom is -0.652 e. The molecule has 0 aromatic carbocycles. The van der Waals surface area contributed by atoms with Gasteiger partial charge in [-0.2, -0.15) is 18.9 Å². The maximum absolute atomic E-state index is 11.9. The van der Waals surface area contributed by atoms with Crippen molar-refractivity contribution < 1.29 is 40.4 Å². The number of alkyl halides is 3. The van der Waals surface area contributed by atoms with Crippen molar-refractivity contribution in [3.05, 3.63) is 17.8 Å². The normalized spacial score (nSPS) is 12.3. The maximum Gasteiger partial charge on any atom is 1.00 e. The van der Waals surface area contributed by atoms with Gasteiger partial charge in [0, 0.05) is 0 Å². The molecular weight excluding hydrogens is 214 g/mol. The summed E-state index contributed by atoms with van der Waals surface area (Å²) < 4.78 is 57.1. The molecule has 0 fully saturated rings. The number of hydrogen-bond acceptors (Lipinski definition) is 2. The van der Waals surface area contributed by atoms with Crippen LogP contribution in [-0.2, 0) is 9.84 Å². The Morgan fingerprint density at radius 3 is 2.07 bits per heavy atom. The number of aromatic nitrogens is 1. The van der Waals surface area contributed by atoms with Gasteiger partial charge in [0.25, 0.3) is 9.84 Å². The predicted octanol–water partition coefficient (Wildman–Crippen LogP) is -1.75. The third-order valence-corrected chi connectivity index (χ3v) is 2.72. The van der Waals surface area contributed by atoms with Crippen LogP contribution in [0.4, 0.5) is 13.2 Å². The number of nitrogens with zero attached hydrogens (tertiary/aromatic N) is 1. The van der Waals surface area contributed by atoms with Gasteiger partial charge in [0.05, 0.1) is 0 Å². The fraction of sp³-hybridized carbons (Fsp3) is 0.333. The molecule has 0 bridgehead atoms. The third-order valence-electron chi connectivity index (χ3n) is 1.33. The van der Waals surface area contributed by atoms with Crippen LogP contribution >= 0.6 is 0 Å². The SMILES string of the molecule is Cc1ccc(S(=O)(=O)C(F)(F)F)[n-]1.[Li+]. The van der Waals surface area contributed by atoms with Gasteiger partial charge in [0.1, 0.15) is 0 Å². The molecule has 0 saturated carbocycles. The van der Waals surface area contributed by atoms with Gasteiger partial charge < -0.3 is 4.98 Å². The molecule has 1 aromatic heterocycles. The number of sulfone groups is 1. The molecule has 3 nitrogen and oxygen atoms in total. The third kappa shape index (κ3) is 2.35. The summed E-state index contributed by atoms with van der Waals surface area (Å²) in [4.78, 5) is 3.24. The summed E-state index contributed by atoms with van der Waals surface area (Å²) in [5.41, 5.74) is -5.04. The van der Waals surface area contributed by atoms with Crippen LogP contribution in [0.1, 0.15) is 5.69 Å². The van der Waals surface area contributed by atoms with E-state index in [1.165, 1.54) is 13.0 Å². The Bertz CT molecular complexity index is 409. The van der Waals surface area contributed by atoms with Gasteiger partial charge in [0.15, 0.2) is 0 Å². The minimum atomic E-state index is -5.28. The van der Waals surface area contributed by atoms with Crippen molar-refractivity contribution in [2.45, 2.75) is 17.5 Å². The Morgan fingerprint density at radius 2 is 1.79 bits per heavy atom. The monoisotopic (exact) mass is 219 g/mol. The molecular formula is C6H5F3LiNO2S. The van der Waals surface area contributed by atoms with Crippen LogP contribution in [0.25, 0.3) is 0 Å². The second kappa shape index (κ2) is 4.01. The van der Waals surface area contributed by atoms with Crippen molar-refractivity contribution in [3.8, 4) is 0 Å². The Balaban J connectivity index is 0.00000169. The first-order valence-corrected chi connectivity index (χ1v) is 4.65. The summed E-state index contributed by atoms with van der Waals surface area (Å²) >= 11 is 0. The Kier molecular flexibility index (Phi) is 3.90. The molecule has 1 rings (SSSR count). The van der Waals surface area contributed by atoms with E-state index in [1.54, 1.807) is 0 Å². The largest absolute Gasteiger partial charge is 1.00 e. The molecule has 0 amide bonds. The second-order valence-electron chi connectivity index (χ2n) is 2.37. The Hall–Kier alpha value is -0.383. The van der Waals surface area contributed by atoms with Gasteiger partial charge in [-0.1, -0.05) is 19.1 Å². The van der Waals surface area contributed by atoms with Crippen molar-refractivity contribution in [1.29, 1.82) is 0 Å². The quantitative estimate of drug-likeness (QED) is 0.526. The Labute approximate surface area is 90.8 Å². The van der Waals surface area contributed by atoms with Crippen LogP contribution < -0.4 is 23.8 Å². The first kappa shape index (κ1) is 13.6. The van der Waals surface area contributed by atoms with Gasteiger partial charge in [-0.15, -0.1) is 0 Å². The van der Waals surface area contributed by atoms with Gasteiger partial charge in [0.2, 0.25) is 0 Å². The van der Waals surface area contributed by atoms with E-state index in [9.17, 15) is 21.6 Å². The molecule has 1 aromatic rings. The van der Waals surface area contributed by atoms with Crippen molar-refractivity contribution in [2.75, 3.05) is 0 Å². The Morgan fingerprint density at radius 1 is 1.29 bits per heavy atom. The summed E-state index contributed by atoms with van der Waals surface area (Å²) in [6.07, 6.45) is 0. The average molecular weight is 219 g/mol. The molecule has 74 valence electrons. The first-order valence-electron chi connectivity index (χ1n) is 3.17. The van der Waals surface area contributed by atoms with Crippen molar-refractivity contribution in [3.63, 3.8) is 0 Å². The summed E-state index contributed by atoms with van der Waals surface area (Å²) in [5.74, 6) is 0. The molecule has 0 aliphatic rings. The van der Waals surface area contributed by atoms with E-state index >= 15 is 0 Å². The standard InChI is InChI=1S/C6H5F3NO2S.Li/c1-4-2-3-5(10-4)13(11,12)6(7,8)9;/h2-3H,1H3;/q-1;+1. The zero-order chi connectivity index (χ0) is 10.3. The topological polar surface area (TPSA) is 48.2 Å². The summed E-state index contributed by atoms with van der Waals surface area (Å²) in [7, 11) is -5.27. The fourth-order valence-corrected chi connectivity index (χ4v) is 1.46. The van der Waals surface area contributed by atoms with Crippen LogP contribution in [0.5, 0.6) is 0 Å².